The molecule has 1 aromatic carbocycles. The van der Waals surface area contributed by atoms with Crippen LogP contribution in [0.25, 0.3) is 10.9 Å². The average molecular weight is 569 g/mol. The number of hydrogen-bond donors (Lipinski definition) is 0. The predicted octanol–water partition coefficient (Wildman–Crippen LogP) is 2.05. The lowest BCUT2D eigenvalue weighted by Crippen LogP contribution is -2.47. The number of aromatic nitrogens is 1. The molecule has 3 aliphatic rings. The van der Waals surface area contributed by atoms with E-state index < -0.39 is 23.3 Å². The molecule has 0 amide bonds. The SMILES string of the molecule is CCOC(=O)c1cn(C2CC2)c2cc(N3CCN(CC)CC3)c(N3COCC(C(=O)OC)=C3C(=O)OC)cc2c1=O. The number of likely N-dealkylation sites (N-methyl/N-ethyl adjacent to an activating group) is 1. The molecule has 2 fully saturated rings. The van der Waals surface area contributed by atoms with Crippen LogP contribution in [0.4, 0.5) is 11.4 Å². The van der Waals surface area contributed by atoms with Crippen molar-refractivity contribution in [3.63, 3.8) is 0 Å². The number of carbonyl (C=O) groups is 3. The van der Waals surface area contributed by atoms with Crippen LogP contribution in [-0.4, -0.2) is 94.3 Å². The first kappa shape index (κ1) is 28.6. The summed E-state index contributed by atoms with van der Waals surface area (Å²) in [5, 5.41) is 0.308. The van der Waals surface area contributed by atoms with Gasteiger partial charge in [0, 0.05) is 43.8 Å². The first-order chi connectivity index (χ1) is 19.8. The van der Waals surface area contributed by atoms with Gasteiger partial charge in [-0.2, -0.15) is 0 Å². The van der Waals surface area contributed by atoms with Crippen LogP contribution in [-0.2, 0) is 28.5 Å². The molecular formula is C29H36N4O8. The number of benzene rings is 1. The Labute approximate surface area is 238 Å². The number of fused-ring (bicyclic) bond motifs is 1. The van der Waals surface area contributed by atoms with Crippen molar-refractivity contribution in [3.8, 4) is 0 Å². The maximum absolute atomic E-state index is 13.8. The molecule has 12 heteroatoms. The van der Waals surface area contributed by atoms with E-state index in [2.05, 4.69) is 16.7 Å². The molecule has 1 saturated carbocycles. The number of pyridine rings is 1. The van der Waals surface area contributed by atoms with E-state index in [9.17, 15) is 19.2 Å². The Kier molecular flexibility index (Phi) is 8.32. The minimum atomic E-state index is -0.730. The average Bonchev–Trinajstić information content (AvgIpc) is 3.85. The number of methoxy groups -OCH3 is 2. The van der Waals surface area contributed by atoms with Gasteiger partial charge in [0.25, 0.3) is 0 Å². The Hall–Kier alpha value is -3.90. The van der Waals surface area contributed by atoms with Gasteiger partial charge in [-0.1, -0.05) is 6.92 Å². The van der Waals surface area contributed by atoms with Gasteiger partial charge in [-0.25, -0.2) is 14.4 Å². The standard InChI is InChI=1S/C29H36N4O8/c1-5-30-9-11-31(12-10-30)23-14-22-19(26(34)20(28(36)41-6-2)15-32(22)18-7-8-18)13-24(23)33-17-40-16-21(27(35)38-3)25(33)29(37)39-4/h13-15,18H,5-12,16-17H2,1-4H3. The Balaban J connectivity index is 1.77. The Morgan fingerprint density at radius 3 is 2.27 bits per heavy atom. The van der Waals surface area contributed by atoms with E-state index in [0.29, 0.717) is 16.6 Å². The topological polar surface area (TPSA) is 120 Å². The van der Waals surface area contributed by atoms with Crippen LogP contribution < -0.4 is 15.2 Å². The van der Waals surface area contributed by atoms with Crippen molar-refractivity contribution in [1.82, 2.24) is 9.47 Å². The summed E-state index contributed by atoms with van der Waals surface area (Å²) in [5.74, 6) is -2.12. The third-order valence-electron chi connectivity index (χ3n) is 7.85. The zero-order valence-corrected chi connectivity index (χ0v) is 23.9. The summed E-state index contributed by atoms with van der Waals surface area (Å²) in [7, 11) is 2.47. The zero-order chi connectivity index (χ0) is 29.3. The molecule has 1 aromatic heterocycles. The Morgan fingerprint density at radius 2 is 1.66 bits per heavy atom. The van der Waals surface area contributed by atoms with Crippen molar-refractivity contribution in [2.75, 3.05) is 76.7 Å². The number of nitrogens with zero attached hydrogens (tertiary/aromatic N) is 4. The van der Waals surface area contributed by atoms with Gasteiger partial charge < -0.3 is 38.2 Å². The van der Waals surface area contributed by atoms with Crippen LogP contribution in [0, 0.1) is 0 Å². The van der Waals surface area contributed by atoms with E-state index in [1.807, 2.05) is 10.6 Å². The maximum Gasteiger partial charge on any atom is 0.355 e. The van der Waals surface area contributed by atoms with Gasteiger partial charge >= 0.3 is 17.9 Å². The first-order valence-corrected chi connectivity index (χ1v) is 13.9. The fourth-order valence-electron chi connectivity index (χ4n) is 5.49. The van der Waals surface area contributed by atoms with Crippen LogP contribution in [0.1, 0.15) is 43.1 Å². The van der Waals surface area contributed by atoms with Gasteiger partial charge in [-0.3, -0.25) is 4.79 Å². The summed E-state index contributed by atoms with van der Waals surface area (Å²) in [6.07, 6.45) is 3.48. The second-order valence-electron chi connectivity index (χ2n) is 10.2. The number of carbonyl (C=O) groups excluding carboxylic acids is 3. The monoisotopic (exact) mass is 568 g/mol. The molecule has 1 aliphatic carbocycles. The number of rotatable bonds is 8. The molecule has 5 rings (SSSR count). The molecule has 2 aromatic rings. The highest BCUT2D eigenvalue weighted by atomic mass is 16.5. The van der Waals surface area contributed by atoms with Crippen LogP contribution in [0.2, 0.25) is 0 Å². The molecule has 12 nitrogen and oxygen atoms in total. The highest BCUT2D eigenvalue weighted by Crippen LogP contribution is 2.42. The van der Waals surface area contributed by atoms with Crippen molar-refractivity contribution in [1.29, 1.82) is 0 Å². The lowest BCUT2D eigenvalue weighted by Gasteiger charge is -2.39. The quantitative estimate of drug-likeness (QED) is 0.344. The van der Waals surface area contributed by atoms with Gasteiger partial charge in [-0.05, 0) is 38.4 Å². The van der Waals surface area contributed by atoms with Crippen LogP contribution >= 0.6 is 0 Å². The van der Waals surface area contributed by atoms with Crippen LogP contribution in [0.5, 0.6) is 0 Å². The van der Waals surface area contributed by atoms with Gasteiger partial charge in [0.05, 0.1) is 49.9 Å². The number of esters is 3. The molecule has 0 unspecified atom stereocenters. The molecule has 0 bridgehead atoms. The number of hydrogen-bond acceptors (Lipinski definition) is 11. The summed E-state index contributed by atoms with van der Waals surface area (Å²) in [6, 6.07) is 3.80. The van der Waals surface area contributed by atoms with Crippen LogP contribution in [0.3, 0.4) is 0 Å². The number of ether oxygens (including phenoxy) is 4. The van der Waals surface area contributed by atoms with E-state index >= 15 is 0 Å². The van der Waals surface area contributed by atoms with Gasteiger partial charge in [0.15, 0.2) is 0 Å². The van der Waals surface area contributed by atoms with Crippen molar-refractivity contribution >= 4 is 40.2 Å². The predicted molar refractivity (Wildman–Crippen MR) is 151 cm³/mol. The molecule has 0 atom stereocenters. The molecule has 0 spiro atoms. The minimum absolute atomic E-state index is 0.0116. The molecule has 1 saturated heterocycles. The molecule has 41 heavy (non-hydrogen) atoms. The lowest BCUT2D eigenvalue weighted by atomic mass is 10.0. The summed E-state index contributed by atoms with van der Waals surface area (Å²) in [6.45, 7) is 7.82. The largest absolute Gasteiger partial charge is 0.466 e. The fourth-order valence-corrected chi connectivity index (χ4v) is 5.49. The smallest absolute Gasteiger partial charge is 0.355 e. The van der Waals surface area contributed by atoms with E-state index in [1.54, 1.807) is 24.1 Å². The normalized spacial score (nSPS) is 18.0. The highest BCUT2D eigenvalue weighted by Gasteiger charge is 2.36. The Morgan fingerprint density at radius 1 is 0.951 bits per heavy atom. The third kappa shape index (κ3) is 5.41. The van der Waals surface area contributed by atoms with E-state index in [0.717, 1.165) is 51.3 Å². The minimum Gasteiger partial charge on any atom is -0.466 e. The second-order valence-corrected chi connectivity index (χ2v) is 10.2. The summed E-state index contributed by atoms with van der Waals surface area (Å²) >= 11 is 0. The second kappa shape index (κ2) is 11.9. The maximum atomic E-state index is 13.8. The van der Waals surface area contributed by atoms with Gasteiger partial charge in [0.2, 0.25) is 5.43 Å². The van der Waals surface area contributed by atoms with E-state index in [1.165, 1.54) is 14.2 Å². The summed E-state index contributed by atoms with van der Waals surface area (Å²) < 4.78 is 23.0. The van der Waals surface area contributed by atoms with Gasteiger partial charge in [-0.15, -0.1) is 0 Å². The highest BCUT2D eigenvalue weighted by molar-refractivity contribution is 6.05. The summed E-state index contributed by atoms with van der Waals surface area (Å²) in [4.78, 5) is 58.5. The molecule has 2 aliphatic heterocycles. The zero-order valence-electron chi connectivity index (χ0n) is 23.9. The fraction of sp³-hybridized carbons (Fsp3) is 0.517. The molecular weight excluding hydrogens is 532 g/mol. The molecule has 220 valence electrons. The third-order valence-corrected chi connectivity index (χ3v) is 7.85. The van der Waals surface area contributed by atoms with Gasteiger partial charge in [0.1, 0.15) is 18.0 Å². The summed E-state index contributed by atoms with van der Waals surface area (Å²) in [5.41, 5.74) is 1.46. The van der Waals surface area contributed by atoms with Crippen LogP contribution in [0.15, 0.2) is 34.4 Å². The Bertz CT molecular complexity index is 1450. The number of anilines is 2. The molecule has 0 radical (unpaired) electrons. The van der Waals surface area contributed by atoms with E-state index in [4.69, 9.17) is 18.9 Å². The first-order valence-electron chi connectivity index (χ1n) is 13.9. The lowest BCUT2D eigenvalue weighted by molar-refractivity contribution is -0.140. The molecule has 0 N–H and O–H groups in total. The van der Waals surface area contributed by atoms with Crippen molar-refractivity contribution in [2.24, 2.45) is 0 Å². The number of piperazine rings is 1. The van der Waals surface area contributed by atoms with Crippen molar-refractivity contribution < 1.29 is 33.3 Å². The van der Waals surface area contributed by atoms with Crippen molar-refractivity contribution in [3.05, 3.63) is 45.4 Å². The van der Waals surface area contributed by atoms with Crippen molar-refractivity contribution in [2.45, 2.75) is 32.7 Å². The molecule has 3 heterocycles. The van der Waals surface area contributed by atoms with E-state index in [-0.39, 0.29) is 42.8 Å².